The summed E-state index contributed by atoms with van der Waals surface area (Å²) in [5, 5.41) is 59.4. The number of anilines is 2. The van der Waals surface area contributed by atoms with Crippen LogP contribution in [0, 0.1) is 10.1 Å². The fraction of sp³-hybridized carbons (Fsp3) is 0.263. The van der Waals surface area contributed by atoms with Crippen molar-refractivity contribution < 1.29 is 25.3 Å². The summed E-state index contributed by atoms with van der Waals surface area (Å²) in [6, 6.07) is 14.5. The number of nitro benzene ring substituents is 1. The van der Waals surface area contributed by atoms with E-state index in [-0.39, 0.29) is 11.4 Å². The zero-order valence-electron chi connectivity index (χ0n) is 16.1. The minimum absolute atomic E-state index is 0.0997. The Bertz CT molecular complexity index is 875. The van der Waals surface area contributed by atoms with Crippen LogP contribution in [0.15, 0.2) is 64.8 Å². The van der Waals surface area contributed by atoms with Crippen molar-refractivity contribution in [1.82, 2.24) is 0 Å². The molecule has 0 aliphatic carbocycles. The fourth-order valence-electron chi connectivity index (χ4n) is 2.31. The summed E-state index contributed by atoms with van der Waals surface area (Å²) in [5.74, 6) is 0. The van der Waals surface area contributed by atoms with Crippen molar-refractivity contribution in [3.05, 3.63) is 64.7 Å². The van der Waals surface area contributed by atoms with E-state index in [9.17, 15) is 25.4 Å². The van der Waals surface area contributed by atoms with Gasteiger partial charge in [-0.05, 0) is 24.3 Å². The number of nitrogens with zero attached hydrogens (tertiary/aromatic N) is 4. The number of nitrogens with one attached hydrogen (secondary N) is 1. The van der Waals surface area contributed by atoms with E-state index in [4.69, 9.17) is 5.11 Å². The molecule has 0 radical (unpaired) electrons. The highest BCUT2D eigenvalue weighted by Gasteiger charge is 2.28. The van der Waals surface area contributed by atoms with Gasteiger partial charge in [0.05, 0.1) is 29.1 Å². The molecule has 160 valence electrons. The summed E-state index contributed by atoms with van der Waals surface area (Å²) >= 11 is 0. The molecule has 3 atom stereocenters. The number of para-hydroxylation sites is 1. The molecule has 0 saturated heterocycles. The van der Waals surface area contributed by atoms with Crippen LogP contribution in [0.1, 0.15) is 0 Å². The van der Waals surface area contributed by atoms with Crippen LogP contribution < -0.4 is 10.4 Å². The Hall–Kier alpha value is -3.38. The molecule has 0 aliphatic heterocycles. The lowest BCUT2D eigenvalue weighted by Crippen LogP contribution is -2.44. The minimum Gasteiger partial charge on any atom is -0.394 e. The highest BCUT2D eigenvalue weighted by atomic mass is 16.6. The van der Waals surface area contributed by atoms with Crippen LogP contribution in [-0.2, 0) is 0 Å². The summed E-state index contributed by atoms with van der Waals surface area (Å²) < 4.78 is 0. The monoisotopic (exact) mass is 417 g/mol. The lowest BCUT2D eigenvalue weighted by molar-refractivity contribution is -0.384. The van der Waals surface area contributed by atoms with Gasteiger partial charge in [0.25, 0.3) is 5.69 Å². The molecular formula is C19H23N5O6. The Balaban J connectivity index is 2.24. The molecule has 2 rings (SSSR count). The predicted octanol–water partition coefficient (Wildman–Crippen LogP) is 0.560. The number of hydrazone groups is 2. The molecule has 0 amide bonds. The largest absolute Gasteiger partial charge is 0.394 e. The number of aliphatic hydroxyl groups excluding tert-OH is 4. The van der Waals surface area contributed by atoms with E-state index in [2.05, 4.69) is 15.6 Å². The molecule has 30 heavy (non-hydrogen) atoms. The normalized spacial score (nSPS) is 14.9. The van der Waals surface area contributed by atoms with Gasteiger partial charge in [-0.1, -0.05) is 18.2 Å². The van der Waals surface area contributed by atoms with E-state index >= 15 is 0 Å². The standard InChI is InChI=1S/C19H23N5O6/c1-23(14-5-3-2-4-6-14)20-11-16(18(27)19(28)17(26)12-25)22-21-13-7-9-15(10-8-13)24(29)30/h2-11,17-19,21,25-28H,12H2,1H3/b20-11-,22-16-/t17-,18+,19+/m1/s1. The number of hydrogen-bond acceptors (Lipinski definition) is 10. The molecule has 5 N–H and O–H groups in total. The second-order valence-electron chi connectivity index (χ2n) is 6.24. The van der Waals surface area contributed by atoms with Crippen molar-refractivity contribution in [2.45, 2.75) is 18.3 Å². The van der Waals surface area contributed by atoms with Gasteiger partial charge < -0.3 is 20.4 Å². The average molecular weight is 417 g/mol. The molecule has 0 aliphatic rings. The van der Waals surface area contributed by atoms with E-state index in [0.29, 0.717) is 5.69 Å². The second kappa shape index (κ2) is 11.0. The Morgan fingerprint density at radius 3 is 2.37 bits per heavy atom. The number of benzene rings is 2. The zero-order chi connectivity index (χ0) is 22.1. The van der Waals surface area contributed by atoms with E-state index in [1.165, 1.54) is 35.5 Å². The molecule has 0 unspecified atom stereocenters. The molecule has 11 nitrogen and oxygen atoms in total. The maximum absolute atomic E-state index is 10.7. The van der Waals surface area contributed by atoms with Gasteiger partial charge in [0, 0.05) is 19.2 Å². The van der Waals surface area contributed by atoms with Crippen LogP contribution >= 0.6 is 0 Å². The summed E-state index contributed by atoms with van der Waals surface area (Å²) in [4.78, 5) is 10.2. The van der Waals surface area contributed by atoms with E-state index in [1.807, 2.05) is 30.3 Å². The van der Waals surface area contributed by atoms with E-state index < -0.39 is 29.8 Å². The van der Waals surface area contributed by atoms with Crippen LogP contribution in [0.4, 0.5) is 17.1 Å². The highest BCUT2D eigenvalue weighted by molar-refractivity contribution is 6.33. The lowest BCUT2D eigenvalue weighted by atomic mass is 10.0. The lowest BCUT2D eigenvalue weighted by Gasteiger charge is -2.21. The maximum atomic E-state index is 10.7. The van der Waals surface area contributed by atoms with Crippen molar-refractivity contribution in [3.63, 3.8) is 0 Å². The first-order valence-corrected chi connectivity index (χ1v) is 8.89. The zero-order valence-corrected chi connectivity index (χ0v) is 16.1. The third-order valence-electron chi connectivity index (χ3n) is 4.09. The van der Waals surface area contributed by atoms with Gasteiger partial charge >= 0.3 is 0 Å². The van der Waals surface area contributed by atoms with Crippen molar-refractivity contribution in [1.29, 1.82) is 0 Å². The number of non-ortho nitro benzene ring substituents is 1. The van der Waals surface area contributed by atoms with Gasteiger partial charge in [0.1, 0.15) is 24.0 Å². The maximum Gasteiger partial charge on any atom is 0.269 e. The van der Waals surface area contributed by atoms with Crippen LogP contribution in [0.2, 0.25) is 0 Å². The summed E-state index contributed by atoms with van der Waals surface area (Å²) in [6.45, 7) is -0.762. The van der Waals surface area contributed by atoms with Crippen molar-refractivity contribution in [3.8, 4) is 0 Å². The van der Waals surface area contributed by atoms with Crippen molar-refractivity contribution in [2.75, 3.05) is 24.1 Å². The fourth-order valence-corrected chi connectivity index (χ4v) is 2.31. The molecule has 2 aromatic carbocycles. The highest BCUT2D eigenvalue weighted by Crippen LogP contribution is 2.16. The molecule has 2 aromatic rings. The Morgan fingerprint density at radius 1 is 1.17 bits per heavy atom. The summed E-state index contributed by atoms with van der Waals surface area (Å²) in [5.41, 5.74) is 3.50. The number of hydrogen-bond donors (Lipinski definition) is 5. The Morgan fingerprint density at radius 2 is 1.80 bits per heavy atom. The summed E-state index contributed by atoms with van der Waals surface area (Å²) in [6.07, 6.45) is -3.81. The topological polar surface area (TPSA) is 164 Å². The predicted molar refractivity (Wildman–Crippen MR) is 113 cm³/mol. The van der Waals surface area contributed by atoms with Crippen LogP contribution in [0.5, 0.6) is 0 Å². The first-order valence-electron chi connectivity index (χ1n) is 8.89. The number of aliphatic hydroxyl groups is 4. The summed E-state index contributed by atoms with van der Waals surface area (Å²) in [7, 11) is 1.67. The van der Waals surface area contributed by atoms with Crippen LogP contribution in [0.25, 0.3) is 0 Å². The molecule has 0 saturated carbocycles. The van der Waals surface area contributed by atoms with Crippen molar-refractivity contribution >= 4 is 29.0 Å². The van der Waals surface area contributed by atoms with Gasteiger partial charge in [-0.15, -0.1) is 0 Å². The molecule has 0 spiro atoms. The molecule has 0 fully saturated rings. The van der Waals surface area contributed by atoms with Gasteiger partial charge in [-0.25, -0.2) is 0 Å². The van der Waals surface area contributed by atoms with Crippen LogP contribution in [0.3, 0.4) is 0 Å². The SMILES string of the molecule is CN(/N=C\C(=N\Nc1ccc([N+](=O)[O-])cc1)[C@H](O)[C@@H](O)[C@H](O)CO)c1ccccc1. The average Bonchev–Trinajstić information content (AvgIpc) is 2.78. The quantitative estimate of drug-likeness (QED) is 0.213. The number of nitro groups is 1. The molecule has 0 heterocycles. The van der Waals surface area contributed by atoms with Gasteiger partial charge in [-0.3, -0.25) is 20.5 Å². The van der Waals surface area contributed by atoms with E-state index in [0.717, 1.165) is 5.69 Å². The smallest absolute Gasteiger partial charge is 0.269 e. The second-order valence-corrected chi connectivity index (χ2v) is 6.24. The third kappa shape index (κ3) is 6.32. The third-order valence-corrected chi connectivity index (χ3v) is 4.09. The molecule has 0 bridgehead atoms. The Kier molecular flexibility index (Phi) is 8.38. The van der Waals surface area contributed by atoms with Crippen molar-refractivity contribution in [2.24, 2.45) is 10.2 Å². The van der Waals surface area contributed by atoms with Crippen LogP contribution in [-0.4, -0.2) is 69.2 Å². The number of rotatable bonds is 10. The van der Waals surface area contributed by atoms with Gasteiger partial charge in [0.15, 0.2) is 0 Å². The first kappa shape index (κ1) is 22.9. The molecule has 0 aromatic heterocycles. The molecular weight excluding hydrogens is 394 g/mol. The molecule has 11 heteroatoms. The van der Waals surface area contributed by atoms with E-state index in [1.54, 1.807) is 7.05 Å². The first-order chi connectivity index (χ1) is 14.3. The van der Waals surface area contributed by atoms with Gasteiger partial charge in [0.2, 0.25) is 0 Å². The minimum atomic E-state index is -1.72. The Labute approximate surface area is 172 Å². The van der Waals surface area contributed by atoms with Gasteiger partial charge in [-0.2, -0.15) is 10.2 Å².